The van der Waals surface area contributed by atoms with Gasteiger partial charge in [0, 0.05) is 0 Å². The molecule has 78 valence electrons. The first kappa shape index (κ1) is 9.25. The summed E-state index contributed by atoms with van der Waals surface area (Å²) in [6.07, 6.45) is 0. The number of nitrogens with zero attached hydrogens (tertiary/aromatic N) is 2. The summed E-state index contributed by atoms with van der Waals surface area (Å²) >= 11 is 0. The first-order valence-electron chi connectivity index (χ1n) is 4.05. The Morgan fingerprint density at radius 1 is 1.47 bits per heavy atom. The summed E-state index contributed by atoms with van der Waals surface area (Å²) in [6, 6.07) is 3.00. The Morgan fingerprint density at radius 2 is 2.27 bits per heavy atom. The average molecular weight is 209 g/mol. The van der Waals surface area contributed by atoms with E-state index in [2.05, 4.69) is 15.4 Å². The number of aliphatic carboxylic acids is 1. The van der Waals surface area contributed by atoms with Gasteiger partial charge in [0.25, 0.3) is 0 Å². The number of carboxylic acid groups (broad SMARTS) is 1. The number of hydrogen-bond donors (Lipinski definition) is 3. The number of phenols is 1. The van der Waals surface area contributed by atoms with Crippen molar-refractivity contribution in [1.29, 1.82) is 0 Å². The maximum atomic E-state index is 10.3. The number of hydrogen-bond acceptors (Lipinski definition) is 5. The lowest BCUT2D eigenvalue weighted by Gasteiger charge is -2.04. The van der Waals surface area contributed by atoms with Gasteiger partial charge >= 0.3 is 5.97 Å². The summed E-state index contributed by atoms with van der Waals surface area (Å²) in [6.45, 7) is -0.517. The highest BCUT2D eigenvalue weighted by molar-refractivity contribution is 5.83. The second kappa shape index (κ2) is 3.45. The number of aromatic hydroxyl groups is 1. The van der Waals surface area contributed by atoms with Crippen LogP contribution in [0.15, 0.2) is 12.1 Å². The van der Waals surface area contributed by atoms with Crippen molar-refractivity contribution in [3.63, 3.8) is 0 Å². The average Bonchev–Trinajstić information content (AvgIpc) is 2.65. The van der Waals surface area contributed by atoms with Crippen molar-refractivity contribution in [2.45, 2.75) is 0 Å². The molecular formula is C8H7N3O4. The lowest BCUT2D eigenvalue weighted by molar-refractivity contribution is -0.139. The zero-order valence-corrected chi connectivity index (χ0v) is 7.47. The molecule has 2 aromatic rings. The van der Waals surface area contributed by atoms with E-state index in [0.29, 0.717) is 5.52 Å². The molecule has 0 spiro atoms. The van der Waals surface area contributed by atoms with Crippen molar-refractivity contribution in [3.8, 4) is 11.5 Å². The van der Waals surface area contributed by atoms with Crippen LogP contribution in [0.5, 0.6) is 11.5 Å². The summed E-state index contributed by atoms with van der Waals surface area (Å²) in [5.74, 6) is -1.27. The van der Waals surface area contributed by atoms with Gasteiger partial charge < -0.3 is 14.9 Å². The van der Waals surface area contributed by atoms with Crippen LogP contribution in [0.1, 0.15) is 0 Å². The molecule has 2 rings (SSSR count). The third-order valence-corrected chi connectivity index (χ3v) is 1.78. The maximum absolute atomic E-state index is 10.3. The monoisotopic (exact) mass is 209 g/mol. The van der Waals surface area contributed by atoms with Gasteiger partial charge in [-0.25, -0.2) is 4.79 Å². The second-order valence-corrected chi connectivity index (χ2v) is 2.79. The van der Waals surface area contributed by atoms with Crippen molar-refractivity contribution in [3.05, 3.63) is 12.1 Å². The number of aromatic nitrogens is 3. The van der Waals surface area contributed by atoms with E-state index < -0.39 is 12.6 Å². The first-order chi connectivity index (χ1) is 7.18. The maximum Gasteiger partial charge on any atom is 0.341 e. The van der Waals surface area contributed by atoms with E-state index in [1.165, 1.54) is 6.07 Å². The molecule has 0 amide bonds. The highest BCUT2D eigenvalue weighted by atomic mass is 16.5. The van der Waals surface area contributed by atoms with Gasteiger partial charge in [0.05, 0.1) is 0 Å². The molecule has 0 aliphatic carbocycles. The molecule has 3 N–H and O–H groups in total. The molecule has 0 saturated carbocycles. The van der Waals surface area contributed by atoms with E-state index in [0.717, 1.165) is 0 Å². The molecule has 0 unspecified atom stereocenters. The molecular weight excluding hydrogens is 202 g/mol. The molecule has 15 heavy (non-hydrogen) atoms. The summed E-state index contributed by atoms with van der Waals surface area (Å²) in [5.41, 5.74) is 0.730. The number of rotatable bonds is 3. The van der Waals surface area contributed by atoms with Gasteiger partial charge in [-0.15, -0.1) is 0 Å². The molecule has 7 heteroatoms. The second-order valence-electron chi connectivity index (χ2n) is 2.79. The van der Waals surface area contributed by atoms with Gasteiger partial charge in [-0.3, -0.25) is 0 Å². The first-order valence-corrected chi connectivity index (χ1v) is 4.05. The number of H-pyrrole nitrogens is 1. The van der Waals surface area contributed by atoms with Crippen molar-refractivity contribution in [2.24, 2.45) is 0 Å². The molecule has 0 atom stereocenters. The number of carbonyl (C=O) groups is 1. The third kappa shape index (κ3) is 1.66. The third-order valence-electron chi connectivity index (χ3n) is 1.78. The van der Waals surface area contributed by atoms with E-state index in [4.69, 9.17) is 9.84 Å². The van der Waals surface area contributed by atoms with Gasteiger partial charge in [-0.1, -0.05) is 0 Å². The minimum Gasteiger partial charge on any atom is -0.503 e. The smallest absolute Gasteiger partial charge is 0.341 e. The van der Waals surface area contributed by atoms with Crippen LogP contribution in [0.2, 0.25) is 0 Å². The van der Waals surface area contributed by atoms with Crippen LogP contribution in [0.25, 0.3) is 11.0 Å². The Labute approximate surface area is 83.3 Å². The normalized spacial score (nSPS) is 10.4. The Balaban J connectivity index is 2.35. The molecule has 1 heterocycles. The zero-order chi connectivity index (χ0) is 10.8. The Kier molecular flexibility index (Phi) is 2.13. The van der Waals surface area contributed by atoms with Crippen LogP contribution < -0.4 is 4.74 Å². The molecule has 0 aliphatic rings. The van der Waals surface area contributed by atoms with Crippen LogP contribution in [0, 0.1) is 0 Å². The fourth-order valence-corrected chi connectivity index (χ4v) is 1.14. The number of phenolic OH excluding ortho intramolecular Hbond substituents is 1. The van der Waals surface area contributed by atoms with Gasteiger partial charge in [0.1, 0.15) is 5.52 Å². The number of carboxylic acids is 1. The van der Waals surface area contributed by atoms with Crippen molar-refractivity contribution in [1.82, 2.24) is 15.4 Å². The Bertz CT molecular complexity index is 508. The molecule has 0 fully saturated rings. The number of benzene rings is 1. The number of aromatic amines is 1. The predicted molar refractivity (Wildman–Crippen MR) is 48.7 cm³/mol. The van der Waals surface area contributed by atoms with Crippen molar-refractivity contribution in [2.75, 3.05) is 6.61 Å². The SMILES string of the molecule is O=C(O)COc1ccc2n[nH]nc2c1O. The largest absolute Gasteiger partial charge is 0.503 e. The van der Waals surface area contributed by atoms with Crippen LogP contribution in [0.4, 0.5) is 0 Å². The zero-order valence-electron chi connectivity index (χ0n) is 7.47. The van der Waals surface area contributed by atoms with E-state index in [9.17, 15) is 9.90 Å². The highest BCUT2D eigenvalue weighted by Gasteiger charge is 2.11. The fraction of sp³-hybridized carbons (Fsp3) is 0.125. The summed E-state index contributed by atoms with van der Waals surface area (Å²) in [7, 11) is 0. The van der Waals surface area contributed by atoms with E-state index in [-0.39, 0.29) is 17.0 Å². The topological polar surface area (TPSA) is 108 Å². The number of nitrogens with one attached hydrogen (secondary N) is 1. The van der Waals surface area contributed by atoms with Gasteiger partial charge in [-0.2, -0.15) is 15.4 Å². The minimum absolute atomic E-state index is 0.0683. The highest BCUT2D eigenvalue weighted by Crippen LogP contribution is 2.31. The Morgan fingerprint density at radius 3 is 3.00 bits per heavy atom. The lowest BCUT2D eigenvalue weighted by Crippen LogP contribution is -2.09. The van der Waals surface area contributed by atoms with Gasteiger partial charge in [0.2, 0.25) is 0 Å². The van der Waals surface area contributed by atoms with Gasteiger partial charge in [-0.05, 0) is 12.1 Å². The fourth-order valence-electron chi connectivity index (χ4n) is 1.14. The molecule has 1 aromatic carbocycles. The number of ether oxygens (including phenoxy) is 1. The quantitative estimate of drug-likeness (QED) is 0.662. The standard InChI is InChI=1S/C8H7N3O4/c12-6(13)3-15-5-2-1-4-7(8(5)14)10-11-9-4/h1-2,14H,3H2,(H,12,13)(H,9,10,11). The van der Waals surface area contributed by atoms with Crippen LogP contribution >= 0.6 is 0 Å². The molecule has 0 radical (unpaired) electrons. The molecule has 0 aliphatic heterocycles. The molecule has 0 bridgehead atoms. The predicted octanol–water partition coefficient (Wildman–Crippen LogP) is 0.127. The van der Waals surface area contributed by atoms with Crippen LogP contribution in [-0.2, 0) is 4.79 Å². The number of fused-ring (bicyclic) bond motifs is 1. The van der Waals surface area contributed by atoms with Crippen LogP contribution in [0.3, 0.4) is 0 Å². The molecule has 0 saturated heterocycles. The molecule has 7 nitrogen and oxygen atoms in total. The lowest BCUT2D eigenvalue weighted by atomic mass is 10.2. The van der Waals surface area contributed by atoms with Gasteiger partial charge in [0.15, 0.2) is 23.6 Å². The van der Waals surface area contributed by atoms with Crippen molar-refractivity contribution < 1.29 is 19.7 Å². The van der Waals surface area contributed by atoms with Crippen LogP contribution in [-0.4, -0.2) is 38.2 Å². The summed E-state index contributed by atoms with van der Waals surface area (Å²) < 4.78 is 4.84. The van der Waals surface area contributed by atoms with E-state index in [1.54, 1.807) is 6.07 Å². The van der Waals surface area contributed by atoms with Crippen molar-refractivity contribution >= 4 is 17.0 Å². The Hall–Kier alpha value is -2.31. The summed E-state index contributed by atoms with van der Waals surface area (Å²) in [4.78, 5) is 10.3. The molecule has 1 aromatic heterocycles. The van der Waals surface area contributed by atoms with E-state index >= 15 is 0 Å². The minimum atomic E-state index is -1.12. The summed E-state index contributed by atoms with van der Waals surface area (Å²) in [5, 5.41) is 27.8. The van der Waals surface area contributed by atoms with E-state index in [1.807, 2.05) is 0 Å².